The van der Waals surface area contributed by atoms with E-state index in [1.54, 1.807) is 60.0 Å². The van der Waals surface area contributed by atoms with E-state index in [0.29, 0.717) is 38.5 Å². The van der Waals surface area contributed by atoms with Crippen LogP contribution in [0, 0.1) is 17.2 Å². The summed E-state index contributed by atoms with van der Waals surface area (Å²) in [5.74, 6) is 0.652. The highest BCUT2D eigenvalue weighted by molar-refractivity contribution is 7.16. The third kappa shape index (κ3) is 6.45. The van der Waals surface area contributed by atoms with Crippen molar-refractivity contribution in [2.24, 2.45) is 16.3 Å². The molecule has 7 heteroatoms. The number of carbonyl (C=O) groups excluding carboxylic acids is 1. The molecule has 0 fully saturated rings. The summed E-state index contributed by atoms with van der Waals surface area (Å²) in [5.41, 5.74) is 3.82. The Hall–Kier alpha value is -3.48. The van der Waals surface area contributed by atoms with Crippen molar-refractivity contribution in [3.05, 3.63) is 111 Å². The van der Waals surface area contributed by atoms with Crippen LogP contribution in [-0.4, -0.2) is 12.1 Å². The molecule has 1 aromatic heterocycles. The van der Waals surface area contributed by atoms with Gasteiger partial charge in [-0.15, -0.1) is 11.3 Å². The average molecular weight is 575 g/mol. The molecule has 0 unspecified atom stereocenters. The number of thiophene rings is 1. The minimum Gasteiger partial charge on any atom is -0.488 e. The van der Waals surface area contributed by atoms with Gasteiger partial charge >= 0.3 is 0 Å². The van der Waals surface area contributed by atoms with E-state index in [-0.39, 0.29) is 23.7 Å². The quantitative estimate of drug-likeness (QED) is 0.224. The van der Waals surface area contributed by atoms with Crippen LogP contribution in [0.15, 0.2) is 77.8 Å². The van der Waals surface area contributed by atoms with E-state index >= 15 is 0 Å². The smallest absolute Gasteiger partial charge is 0.259 e. The number of fused-ring (bicyclic) bond motifs is 1. The SMILES string of the molecule is CC(C)(C)[C@H]1CCc2c(sc(N=Cc3ccccc3OCc3ccccc3F)c2C(=O)Nc2ccc(Cl)cc2)C1. The first-order valence-corrected chi connectivity index (χ1v) is 14.6. The van der Waals surface area contributed by atoms with Crippen LogP contribution in [0.5, 0.6) is 5.75 Å². The number of benzene rings is 3. The first-order chi connectivity index (χ1) is 19.2. The topological polar surface area (TPSA) is 50.7 Å². The molecule has 0 bridgehead atoms. The number of aliphatic imine (C=N–C) groups is 1. The average Bonchev–Trinajstić information content (AvgIpc) is 3.30. The van der Waals surface area contributed by atoms with Gasteiger partial charge in [0.2, 0.25) is 0 Å². The van der Waals surface area contributed by atoms with E-state index in [0.717, 1.165) is 30.4 Å². The number of rotatable bonds is 7. The Labute approximate surface area is 243 Å². The van der Waals surface area contributed by atoms with Crippen molar-refractivity contribution < 1.29 is 13.9 Å². The van der Waals surface area contributed by atoms with Gasteiger partial charge in [-0.25, -0.2) is 9.38 Å². The lowest BCUT2D eigenvalue weighted by Gasteiger charge is -2.33. The Morgan fingerprint density at radius 1 is 1.10 bits per heavy atom. The van der Waals surface area contributed by atoms with E-state index in [4.69, 9.17) is 21.3 Å². The number of carbonyl (C=O) groups is 1. The van der Waals surface area contributed by atoms with Crippen LogP contribution in [0.4, 0.5) is 15.1 Å². The molecule has 40 heavy (non-hydrogen) atoms. The van der Waals surface area contributed by atoms with E-state index in [9.17, 15) is 9.18 Å². The minimum atomic E-state index is -0.303. The summed E-state index contributed by atoms with van der Waals surface area (Å²) in [5, 5.41) is 4.32. The molecule has 1 heterocycles. The molecule has 1 N–H and O–H groups in total. The highest BCUT2D eigenvalue weighted by Crippen LogP contribution is 2.45. The van der Waals surface area contributed by atoms with Gasteiger partial charge in [-0.1, -0.05) is 62.7 Å². The number of ether oxygens (including phenoxy) is 1. The zero-order valence-electron chi connectivity index (χ0n) is 22.8. The van der Waals surface area contributed by atoms with Crippen LogP contribution in [0.2, 0.25) is 5.02 Å². The van der Waals surface area contributed by atoms with Crippen LogP contribution in [-0.2, 0) is 19.4 Å². The van der Waals surface area contributed by atoms with Gasteiger partial charge in [0.15, 0.2) is 0 Å². The van der Waals surface area contributed by atoms with Crippen molar-refractivity contribution in [3.8, 4) is 5.75 Å². The number of nitrogens with zero attached hydrogens (tertiary/aromatic N) is 1. The normalized spacial score (nSPS) is 15.2. The second kappa shape index (κ2) is 11.9. The van der Waals surface area contributed by atoms with Crippen molar-refractivity contribution in [2.75, 3.05) is 5.32 Å². The van der Waals surface area contributed by atoms with Crippen molar-refractivity contribution in [1.29, 1.82) is 0 Å². The Morgan fingerprint density at radius 2 is 1.82 bits per heavy atom. The molecular weight excluding hydrogens is 543 g/mol. The van der Waals surface area contributed by atoms with Crippen LogP contribution in [0.1, 0.15) is 59.1 Å². The standard InChI is InChI=1S/C33H32ClFN2O2S/c1-33(2,3)23-12-17-26-29(18-23)40-32(30(26)31(38)37-25-15-13-24(34)14-16-25)36-19-21-8-5-7-11-28(21)39-20-22-9-4-6-10-27(22)35/h4-11,13-16,19,23H,12,17-18,20H2,1-3H3,(H,37,38)/t23-/m0/s1. The second-order valence-corrected chi connectivity index (χ2v) is 12.6. The maximum absolute atomic E-state index is 14.1. The molecule has 3 aromatic carbocycles. The van der Waals surface area contributed by atoms with Gasteiger partial charge in [0.05, 0.1) is 5.56 Å². The molecule has 4 aromatic rings. The van der Waals surface area contributed by atoms with E-state index in [1.807, 2.05) is 24.3 Å². The molecule has 1 atom stereocenters. The molecule has 0 spiro atoms. The largest absolute Gasteiger partial charge is 0.488 e. The second-order valence-electron chi connectivity index (χ2n) is 11.1. The van der Waals surface area contributed by atoms with Crippen LogP contribution >= 0.6 is 22.9 Å². The Balaban J connectivity index is 1.45. The van der Waals surface area contributed by atoms with Crippen LogP contribution in [0.3, 0.4) is 0 Å². The molecule has 0 aliphatic heterocycles. The van der Waals surface area contributed by atoms with Gasteiger partial charge in [-0.05, 0) is 78.6 Å². The monoisotopic (exact) mass is 574 g/mol. The molecule has 206 valence electrons. The lowest BCUT2D eigenvalue weighted by atomic mass is 9.72. The maximum atomic E-state index is 14.1. The van der Waals surface area contributed by atoms with E-state index < -0.39 is 0 Å². The fourth-order valence-corrected chi connectivity index (χ4v) is 6.37. The number of halogens is 2. The molecule has 0 saturated heterocycles. The molecule has 0 radical (unpaired) electrons. The molecule has 4 nitrogen and oxygen atoms in total. The fraction of sp³-hybridized carbons (Fsp3) is 0.273. The zero-order chi connectivity index (χ0) is 28.3. The van der Waals surface area contributed by atoms with Crippen molar-refractivity contribution in [1.82, 2.24) is 0 Å². The summed E-state index contributed by atoms with van der Waals surface area (Å²) in [4.78, 5) is 19.7. The summed E-state index contributed by atoms with van der Waals surface area (Å²) in [6.07, 6.45) is 4.54. The number of anilines is 1. The highest BCUT2D eigenvalue weighted by atomic mass is 35.5. The molecule has 5 rings (SSSR count). The first-order valence-electron chi connectivity index (χ1n) is 13.4. The fourth-order valence-electron chi connectivity index (χ4n) is 4.98. The molecule has 1 aliphatic rings. The van der Waals surface area contributed by atoms with Gasteiger partial charge < -0.3 is 10.1 Å². The zero-order valence-corrected chi connectivity index (χ0v) is 24.4. The van der Waals surface area contributed by atoms with E-state index in [2.05, 4.69) is 26.1 Å². The molecule has 1 amide bonds. The van der Waals surface area contributed by atoms with Gasteiger partial charge in [-0.3, -0.25) is 4.79 Å². The lowest BCUT2D eigenvalue weighted by molar-refractivity contribution is 0.102. The van der Waals surface area contributed by atoms with Crippen molar-refractivity contribution in [3.63, 3.8) is 0 Å². The summed E-state index contributed by atoms with van der Waals surface area (Å²) in [6.45, 7) is 6.94. The predicted molar refractivity (Wildman–Crippen MR) is 163 cm³/mol. The van der Waals surface area contributed by atoms with E-state index in [1.165, 1.54) is 10.9 Å². The number of nitrogens with one attached hydrogen (secondary N) is 1. The van der Waals surface area contributed by atoms with Crippen LogP contribution < -0.4 is 10.1 Å². The highest BCUT2D eigenvalue weighted by Gasteiger charge is 2.33. The summed E-state index contributed by atoms with van der Waals surface area (Å²) in [6, 6.07) is 21.2. The Bertz CT molecular complexity index is 1540. The first kappa shape index (κ1) is 28.1. The number of hydrogen-bond donors (Lipinski definition) is 1. The van der Waals surface area contributed by atoms with Crippen molar-refractivity contribution >= 4 is 45.7 Å². The van der Waals surface area contributed by atoms with Crippen LogP contribution in [0.25, 0.3) is 0 Å². The van der Waals surface area contributed by atoms with Crippen molar-refractivity contribution in [2.45, 2.75) is 46.6 Å². The Kier molecular flexibility index (Phi) is 8.38. The number of amides is 1. The summed E-state index contributed by atoms with van der Waals surface area (Å²) >= 11 is 7.63. The third-order valence-corrected chi connectivity index (χ3v) is 8.80. The number of para-hydroxylation sites is 1. The van der Waals surface area contributed by atoms with Gasteiger partial charge in [0.1, 0.15) is 23.2 Å². The molecular formula is C33H32ClFN2O2S. The van der Waals surface area contributed by atoms with Gasteiger partial charge in [-0.2, -0.15) is 0 Å². The minimum absolute atomic E-state index is 0.105. The summed E-state index contributed by atoms with van der Waals surface area (Å²) in [7, 11) is 0. The Morgan fingerprint density at radius 3 is 2.58 bits per heavy atom. The van der Waals surface area contributed by atoms with Gasteiger partial charge in [0.25, 0.3) is 5.91 Å². The maximum Gasteiger partial charge on any atom is 0.259 e. The summed E-state index contributed by atoms with van der Waals surface area (Å²) < 4.78 is 20.1. The molecule has 1 aliphatic carbocycles. The number of hydrogen-bond acceptors (Lipinski definition) is 4. The van der Waals surface area contributed by atoms with Gasteiger partial charge in [0, 0.05) is 32.9 Å². The predicted octanol–water partition coefficient (Wildman–Crippen LogP) is 9.27. The lowest BCUT2D eigenvalue weighted by Crippen LogP contribution is -2.27. The molecule has 0 saturated carbocycles. The third-order valence-electron chi connectivity index (χ3n) is 7.38.